The highest BCUT2D eigenvalue weighted by Gasteiger charge is 2.33. The molecule has 1 fully saturated rings. The van der Waals surface area contributed by atoms with Crippen LogP contribution in [0.4, 0.5) is 13.2 Å². The lowest BCUT2D eigenvalue weighted by Crippen LogP contribution is -2.57. The third kappa shape index (κ3) is 3.25. The fourth-order valence-electron chi connectivity index (χ4n) is 1.71. The van der Waals surface area contributed by atoms with Crippen molar-refractivity contribution < 1.29 is 21.6 Å². The first-order chi connectivity index (χ1) is 8.73. The Labute approximate surface area is 121 Å². The summed E-state index contributed by atoms with van der Waals surface area (Å²) < 4.78 is 62.7. The Morgan fingerprint density at radius 3 is 2.05 bits per heavy atom. The summed E-state index contributed by atoms with van der Waals surface area (Å²) in [6, 6.07) is 3.38. The molecule has 2 rings (SSSR count). The predicted octanol–water partition coefficient (Wildman–Crippen LogP) is 1.72. The average molecular weight is 331 g/mol. The average Bonchev–Trinajstić information content (AvgIpc) is 2.25. The molecule has 0 radical (unpaired) electrons. The van der Waals surface area contributed by atoms with Gasteiger partial charge in [0.25, 0.3) is 0 Å². The second-order valence-electron chi connectivity index (χ2n) is 4.36. The lowest BCUT2D eigenvalue weighted by Gasteiger charge is -2.34. The van der Waals surface area contributed by atoms with Crippen LogP contribution in [0.15, 0.2) is 29.2 Å². The van der Waals surface area contributed by atoms with E-state index in [1.807, 2.05) is 0 Å². The zero-order valence-electron chi connectivity index (χ0n) is 10.5. The molecule has 20 heavy (non-hydrogen) atoms. The van der Waals surface area contributed by atoms with Gasteiger partial charge in [-0.1, -0.05) is 0 Å². The largest absolute Gasteiger partial charge is 0.416 e. The van der Waals surface area contributed by atoms with Crippen molar-refractivity contribution in [2.45, 2.75) is 17.1 Å². The first-order valence-electron chi connectivity index (χ1n) is 5.59. The molecule has 1 saturated heterocycles. The number of benzene rings is 1. The van der Waals surface area contributed by atoms with Crippen LogP contribution in [0.3, 0.4) is 0 Å². The molecule has 0 aliphatic carbocycles. The Balaban J connectivity index is 0.00000200. The molecule has 1 aliphatic heterocycles. The van der Waals surface area contributed by atoms with Gasteiger partial charge in [-0.05, 0) is 24.3 Å². The number of hydrogen-bond acceptors (Lipinski definition) is 3. The van der Waals surface area contributed by atoms with E-state index in [9.17, 15) is 21.6 Å². The van der Waals surface area contributed by atoms with Gasteiger partial charge in [0, 0.05) is 26.2 Å². The lowest BCUT2D eigenvalue weighted by molar-refractivity contribution is -0.137. The van der Waals surface area contributed by atoms with E-state index in [1.54, 1.807) is 0 Å². The van der Waals surface area contributed by atoms with Gasteiger partial charge >= 0.3 is 6.18 Å². The van der Waals surface area contributed by atoms with Gasteiger partial charge in [0.15, 0.2) is 0 Å². The maximum absolute atomic E-state index is 12.4. The second-order valence-corrected chi connectivity index (χ2v) is 6.35. The molecule has 0 saturated carbocycles. The number of nitrogens with zero attached hydrogens (tertiary/aromatic N) is 1. The van der Waals surface area contributed by atoms with Crippen molar-refractivity contribution in [1.82, 2.24) is 9.62 Å². The number of alkyl halides is 3. The molecular weight excluding hydrogens is 317 g/mol. The first-order valence-corrected chi connectivity index (χ1v) is 7.03. The molecule has 0 spiro atoms. The maximum atomic E-state index is 12.4. The zero-order chi connectivity index (χ0) is 14.3. The van der Waals surface area contributed by atoms with Crippen LogP contribution in [0.5, 0.6) is 0 Å². The molecule has 1 aromatic rings. The zero-order valence-corrected chi connectivity index (χ0v) is 12.1. The van der Waals surface area contributed by atoms with E-state index in [1.165, 1.54) is 11.4 Å². The van der Waals surface area contributed by atoms with Gasteiger partial charge in [-0.3, -0.25) is 0 Å². The SMILES string of the molecule is CN(C1CNC1)S(=O)(=O)c1ccc(C(F)(F)F)cc1.Cl. The molecule has 0 aromatic heterocycles. The third-order valence-electron chi connectivity index (χ3n) is 3.13. The Hall–Kier alpha value is -0.830. The number of likely N-dealkylation sites (N-methyl/N-ethyl adjacent to an activating group) is 1. The quantitative estimate of drug-likeness (QED) is 0.918. The number of hydrogen-bond donors (Lipinski definition) is 1. The molecule has 0 amide bonds. The topological polar surface area (TPSA) is 49.4 Å². The van der Waals surface area contributed by atoms with Crippen molar-refractivity contribution in [2.75, 3.05) is 20.1 Å². The molecule has 0 bridgehead atoms. The van der Waals surface area contributed by atoms with Gasteiger partial charge in [0.1, 0.15) is 0 Å². The fraction of sp³-hybridized carbons (Fsp3) is 0.455. The van der Waals surface area contributed by atoms with Crippen molar-refractivity contribution in [3.63, 3.8) is 0 Å². The standard InChI is InChI=1S/C11H13F3N2O2S.ClH/c1-16(9-6-15-7-9)19(17,18)10-4-2-8(3-5-10)11(12,13)14;/h2-5,9,15H,6-7H2,1H3;1H. The van der Waals surface area contributed by atoms with Crippen molar-refractivity contribution in [2.24, 2.45) is 0 Å². The molecule has 9 heteroatoms. The van der Waals surface area contributed by atoms with E-state index in [-0.39, 0.29) is 23.3 Å². The van der Waals surface area contributed by atoms with Gasteiger partial charge in [0.05, 0.1) is 10.5 Å². The van der Waals surface area contributed by atoms with Gasteiger partial charge < -0.3 is 5.32 Å². The summed E-state index contributed by atoms with van der Waals surface area (Å²) in [6.45, 7) is 1.10. The van der Waals surface area contributed by atoms with Gasteiger partial charge in [-0.2, -0.15) is 17.5 Å². The lowest BCUT2D eigenvalue weighted by atomic mass is 10.2. The number of nitrogens with one attached hydrogen (secondary N) is 1. The Kier molecular flexibility index (Phi) is 5.07. The molecule has 114 valence electrons. The van der Waals surface area contributed by atoms with Crippen LogP contribution in [0.1, 0.15) is 5.56 Å². The van der Waals surface area contributed by atoms with E-state index < -0.39 is 21.8 Å². The van der Waals surface area contributed by atoms with Crippen LogP contribution in [0, 0.1) is 0 Å². The van der Waals surface area contributed by atoms with Crippen LogP contribution >= 0.6 is 12.4 Å². The third-order valence-corrected chi connectivity index (χ3v) is 5.06. The van der Waals surface area contributed by atoms with Crippen LogP contribution in [0.25, 0.3) is 0 Å². The monoisotopic (exact) mass is 330 g/mol. The second kappa shape index (κ2) is 5.88. The predicted molar refractivity (Wildman–Crippen MR) is 70.3 cm³/mol. The molecule has 0 unspecified atom stereocenters. The van der Waals surface area contributed by atoms with Crippen LogP contribution in [0.2, 0.25) is 0 Å². The molecule has 0 atom stereocenters. The maximum Gasteiger partial charge on any atom is 0.416 e. The van der Waals surface area contributed by atoms with E-state index in [4.69, 9.17) is 0 Å². The van der Waals surface area contributed by atoms with Gasteiger partial charge in [-0.25, -0.2) is 8.42 Å². The number of rotatable bonds is 3. The van der Waals surface area contributed by atoms with E-state index in [0.29, 0.717) is 13.1 Å². The Bertz CT molecular complexity index is 556. The summed E-state index contributed by atoms with van der Waals surface area (Å²) in [7, 11) is -2.31. The minimum atomic E-state index is -4.47. The Morgan fingerprint density at radius 2 is 1.70 bits per heavy atom. The smallest absolute Gasteiger partial charge is 0.313 e. The van der Waals surface area contributed by atoms with Gasteiger partial charge in [0.2, 0.25) is 10.0 Å². The summed E-state index contributed by atoms with van der Waals surface area (Å²) in [5, 5.41) is 2.94. The highest BCUT2D eigenvalue weighted by Crippen LogP contribution is 2.30. The molecule has 1 aromatic carbocycles. The van der Waals surface area contributed by atoms with E-state index in [2.05, 4.69) is 5.32 Å². The van der Waals surface area contributed by atoms with Gasteiger partial charge in [-0.15, -0.1) is 12.4 Å². The molecular formula is C11H14ClF3N2O2S. The number of sulfonamides is 1. The summed E-state index contributed by atoms with van der Waals surface area (Å²) >= 11 is 0. The summed E-state index contributed by atoms with van der Waals surface area (Å²) in [5.41, 5.74) is -0.862. The first kappa shape index (κ1) is 17.2. The molecule has 1 aliphatic rings. The highest BCUT2D eigenvalue weighted by atomic mass is 35.5. The highest BCUT2D eigenvalue weighted by molar-refractivity contribution is 7.89. The van der Waals surface area contributed by atoms with Crippen LogP contribution in [-0.2, 0) is 16.2 Å². The van der Waals surface area contributed by atoms with Crippen molar-refractivity contribution in [3.05, 3.63) is 29.8 Å². The summed E-state index contributed by atoms with van der Waals surface area (Å²) in [4.78, 5) is -0.130. The van der Waals surface area contributed by atoms with Crippen molar-refractivity contribution >= 4 is 22.4 Å². The summed E-state index contributed by atoms with van der Waals surface area (Å²) in [5.74, 6) is 0. The van der Waals surface area contributed by atoms with Crippen LogP contribution in [-0.4, -0.2) is 38.9 Å². The minimum absolute atomic E-state index is 0. The van der Waals surface area contributed by atoms with Crippen molar-refractivity contribution in [3.8, 4) is 0 Å². The molecule has 1 heterocycles. The minimum Gasteiger partial charge on any atom is -0.313 e. The molecule has 4 nitrogen and oxygen atoms in total. The Morgan fingerprint density at radius 1 is 1.20 bits per heavy atom. The van der Waals surface area contributed by atoms with Crippen LogP contribution < -0.4 is 5.32 Å². The number of halogens is 4. The molecule has 1 N–H and O–H groups in total. The summed E-state index contributed by atoms with van der Waals surface area (Å²) in [6.07, 6.45) is -4.47. The van der Waals surface area contributed by atoms with Crippen molar-refractivity contribution in [1.29, 1.82) is 0 Å². The fourth-order valence-corrected chi connectivity index (χ4v) is 3.06. The normalized spacial score (nSPS) is 16.6. The van der Waals surface area contributed by atoms with E-state index in [0.717, 1.165) is 24.3 Å². The van der Waals surface area contributed by atoms with E-state index >= 15 is 0 Å².